The number of aliphatic carboxylic acids is 1. The standard InChI is InChI=1S/C16H21NO4/c1-12(16(19)20)11-17(13-5-2-3-6-13)15(18)9-8-14-7-4-10-21-14/h4,7-10,12-13H,2-3,5-6,11H2,1H3,(H,19,20)/b9-8+. The van der Waals surface area contributed by atoms with E-state index in [1.807, 2.05) is 0 Å². The molecule has 0 radical (unpaired) electrons. The molecule has 1 saturated carbocycles. The Morgan fingerprint density at radius 3 is 2.76 bits per heavy atom. The number of carboxylic acid groups (broad SMARTS) is 1. The second-order valence-electron chi connectivity index (χ2n) is 5.52. The van der Waals surface area contributed by atoms with Crippen molar-refractivity contribution in [1.29, 1.82) is 0 Å². The smallest absolute Gasteiger partial charge is 0.308 e. The zero-order chi connectivity index (χ0) is 15.2. The highest BCUT2D eigenvalue weighted by molar-refractivity contribution is 5.92. The van der Waals surface area contributed by atoms with Gasteiger partial charge < -0.3 is 14.4 Å². The third-order valence-corrected chi connectivity index (χ3v) is 3.87. The van der Waals surface area contributed by atoms with E-state index < -0.39 is 11.9 Å². The Kier molecular flexibility index (Phi) is 5.20. The molecule has 0 aliphatic heterocycles. The first kappa shape index (κ1) is 15.4. The summed E-state index contributed by atoms with van der Waals surface area (Å²) in [5, 5.41) is 9.06. The normalized spacial score (nSPS) is 17.2. The molecular weight excluding hydrogens is 270 g/mol. The summed E-state index contributed by atoms with van der Waals surface area (Å²) in [6.45, 7) is 1.88. The van der Waals surface area contributed by atoms with Gasteiger partial charge in [-0.25, -0.2) is 0 Å². The molecule has 1 amide bonds. The molecule has 0 bridgehead atoms. The summed E-state index contributed by atoms with van der Waals surface area (Å²) in [7, 11) is 0. The van der Waals surface area contributed by atoms with E-state index in [4.69, 9.17) is 9.52 Å². The van der Waals surface area contributed by atoms with Crippen LogP contribution in [-0.2, 0) is 9.59 Å². The summed E-state index contributed by atoms with van der Waals surface area (Å²) < 4.78 is 5.16. The Bertz CT molecular complexity index is 500. The maximum Gasteiger partial charge on any atom is 0.308 e. The van der Waals surface area contributed by atoms with Crippen LogP contribution in [0.3, 0.4) is 0 Å². The lowest BCUT2D eigenvalue weighted by atomic mass is 10.1. The van der Waals surface area contributed by atoms with Crippen LogP contribution in [0.5, 0.6) is 0 Å². The van der Waals surface area contributed by atoms with Crippen LogP contribution in [-0.4, -0.2) is 34.5 Å². The SMILES string of the molecule is CC(CN(C(=O)/C=C/c1ccco1)C1CCCC1)C(=O)O. The van der Waals surface area contributed by atoms with Crippen molar-refractivity contribution in [3.8, 4) is 0 Å². The average Bonchev–Trinajstić information content (AvgIpc) is 3.14. The lowest BCUT2D eigenvalue weighted by molar-refractivity contribution is -0.143. The van der Waals surface area contributed by atoms with Crippen LogP contribution in [0.2, 0.25) is 0 Å². The molecule has 21 heavy (non-hydrogen) atoms. The molecule has 5 nitrogen and oxygen atoms in total. The van der Waals surface area contributed by atoms with Crippen molar-refractivity contribution in [2.45, 2.75) is 38.6 Å². The number of carboxylic acids is 1. The van der Waals surface area contributed by atoms with Crippen molar-refractivity contribution >= 4 is 18.0 Å². The molecule has 2 rings (SSSR count). The second-order valence-corrected chi connectivity index (χ2v) is 5.52. The Morgan fingerprint density at radius 2 is 2.19 bits per heavy atom. The van der Waals surface area contributed by atoms with Crippen molar-refractivity contribution < 1.29 is 19.1 Å². The van der Waals surface area contributed by atoms with Gasteiger partial charge >= 0.3 is 5.97 Å². The molecule has 1 aromatic rings. The van der Waals surface area contributed by atoms with E-state index in [2.05, 4.69) is 0 Å². The molecule has 114 valence electrons. The average molecular weight is 291 g/mol. The van der Waals surface area contributed by atoms with Crippen LogP contribution < -0.4 is 0 Å². The van der Waals surface area contributed by atoms with Gasteiger partial charge in [0.1, 0.15) is 5.76 Å². The fourth-order valence-electron chi connectivity index (χ4n) is 2.64. The minimum atomic E-state index is -0.874. The van der Waals surface area contributed by atoms with E-state index >= 15 is 0 Å². The Labute approximate surface area is 124 Å². The van der Waals surface area contributed by atoms with E-state index in [1.54, 1.807) is 36.3 Å². The third-order valence-electron chi connectivity index (χ3n) is 3.87. The first-order chi connectivity index (χ1) is 10.1. The van der Waals surface area contributed by atoms with Gasteiger partial charge in [0.2, 0.25) is 5.91 Å². The van der Waals surface area contributed by atoms with Crippen LogP contribution in [0.4, 0.5) is 0 Å². The number of rotatable bonds is 6. The zero-order valence-electron chi connectivity index (χ0n) is 12.2. The molecule has 5 heteroatoms. The van der Waals surface area contributed by atoms with Gasteiger partial charge in [-0.1, -0.05) is 19.8 Å². The minimum Gasteiger partial charge on any atom is -0.481 e. The maximum atomic E-state index is 12.4. The minimum absolute atomic E-state index is 0.147. The van der Waals surface area contributed by atoms with E-state index in [1.165, 1.54) is 6.08 Å². The predicted octanol–water partition coefficient (Wildman–Crippen LogP) is 2.78. The van der Waals surface area contributed by atoms with Gasteiger partial charge in [0.15, 0.2) is 0 Å². The van der Waals surface area contributed by atoms with Gasteiger partial charge in [0.05, 0.1) is 12.2 Å². The van der Waals surface area contributed by atoms with Crippen molar-refractivity contribution in [2.24, 2.45) is 5.92 Å². The highest BCUT2D eigenvalue weighted by Crippen LogP contribution is 2.24. The Hall–Kier alpha value is -2.04. The summed E-state index contributed by atoms with van der Waals surface area (Å²) in [6.07, 6.45) is 8.72. The van der Waals surface area contributed by atoms with Crippen molar-refractivity contribution in [2.75, 3.05) is 6.54 Å². The lowest BCUT2D eigenvalue weighted by Crippen LogP contribution is -2.42. The molecule has 1 heterocycles. The first-order valence-corrected chi connectivity index (χ1v) is 7.33. The third kappa shape index (κ3) is 4.21. The number of carbonyl (C=O) groups is 2. The number of amides is 1. The molecule has 0 aromatic carbocycles. The maximum absolute atomic E-state index is 12.4. The van der Waals surface area contributed by atoms with Crippen LogP contribution in [0.15, 0.2) is 28.9 Å². The topological polar surface area (TPSA) is 70.8 Å². The van der Waals surface area contributed by atoms with Gasteiger partial charge in [0, 0.05) is 18.7 Å². The molecule has 1 N–H and O–H groups in total. The van der Waals surface area contributed by atoms with Gasteiger partial charge in [-0.3, -0.25) is 9.59 Å². The zero-order valence-corrected chi connectivity index (χ0v) is 12.2. The van der Waals surface area contributed by atoms with Gasteiger partial charge in [-0.15, -0.1) is 0 Å². The molecule has 1 unspecified atom stereocenters. The first-order valence-electron chi connectivity index (χ1n) is 7.33. The van der Waals surface area contributed by atoms with Crippen molar-refractivity contribution in [1.82, 2.24) is 4.90 Å². The Morgan fingerprint density at radius 1 is 1.48 bits per heavy atom. The molecule has 1 atom stereocenters. The van der Waals surface area contributed by atoms with Gasteiger partial charge in [-0.2, -0.15) is 0 Å². The van der Waals surface area contributed by atoms with E-state index in [0.29, 0.717) is 5.76 Å². The molecule has 0 spiro atoms. The van der Waals surface area contributed by atoms with Crippen LogP contribution in [0.25, 0.3) is 6.08 Å². The fraction of sp³-hybridized carbons (Fsp3) is 0.500. The fourth-order valence-corrected chi connectivity index (χ4v) is 2.64. The van der Waals surface area contributed by atoms with Crippen molar-refractivity contribution in [3.05, 3.63) is 30.2 Å². The van der Waals surface area contributed by atoms with E-state index in [-0.39, 0.29) is 18.5 Å². The molecular formula is C16H21NO4. The monoisotopic (exact) mass is 291 g/mol. The second kappa shape index (κ2) is 7.11. The van der Waals surface area contributed by atoms with Crippen LogP contribution >= 0.6 is 0 Å². The molecule has 0 saturated heterocycles. The van der Waals surface area contributed by atoms with Gasteiger partial charge in [-0.05, 0) is 31.1 Å². The largest absolute Gasteiger partial charge is 0.481 e. The van der Waals surface area contributed by atoms with E-state index in [9.17, 15) is 9.59 Å². The Balaban J connectivity index is 2.06. The lowest BCUT2D eigenvalue weighted by Gasteiger charge is -2.29. The molecule has 1 aliphatic rings. The number of carbonyl (C=O) groups excluding carboxylic acids is 1. The van der Waals surface area contributed by atoms with Crippen molar-refractivity contribution in [3.63, 3.8) is 0 Å². The van der Waals surface area contributed by atoms with Crippen LogP contribution in [0.1, 0.15) is 38.4 Å². The number of hydrogen-bond donors (Lipinski definition) is 1. The summed E-state index contributed by atoms with van der Waals surface area (Å²) >= 11 is 0. The summed E-state index contributed by atoms with van der Waals surface area (Å²) in [5.74, 6) is -0.972. The highest BCUT2D eigenvalue weighted by Gasteiger charge is 2.28. The molecule has 1 aliphatic carbocycles. The predicted molar refractivity (Wildman–Crippen MR) is 78.5 cm³/mol. The number of nitrogens with zero attached hydrogens (tertiary/aromatic N) is 1. The molecule has 1 aromatic heterocycles. The van der Waals surface area contributed by atoms with E-state index in [0.717, 1.165) is 25.7 Å². The summed E-state index contributed by atoms with van der Waals surface area (Å²) in [4.78, 5) is 25.1. The van der Waals surface area contributed by atoms with Crippen LogP contribution in [0, 0.1) is 5.92 Å². The number of furan rings is 1. The highest BCUT2D eigenvalue weighted by atomic mass is 16.4. The molecule has 1 fully saturated rings. The summed E-state index contributed by atoms with van der Waals surface area (Å²) in [6, 6.07) is 3.68. The van der Waals surface area contributed by atoms with Gasteiger partial charge in [0.25, 0.3) is 0 Å². The quantitative estimate of drug-likeness (QED) is 0.818. The number of hydrogen-bond acceptors (Lipinski definition) is 3. The summed E-state index contributed by atoms with van der Waals surface area (Å²) in [5.41, 5.74) is 0.